The van der Waals surface area contributed by atoms with Crippen molar-refractivity contribution < 1.29 is 0 Å². The Morgan fingerprint density at radius 2 is 2.07 bits per heavy atom. The first kappa shape index (κ1) is 10.5. The zero-order valence-electron chi connectivity index (χ0n) is 8.83. The fourth-order valence-electron chi connectivity index (χ4n) is 2.82. The zero-order chi connectivity index (χ0) is 10.2. The normalized spacial score (nSPS) is 45.5. The average Bonchev–Trinajstić information content (AvgIpc) is 2.49. The molecule has 0 bridgehead atoms. The first-order valence-electron chi connectivity index (χ1n) is 5.53. The Bertz CT molecular complexity index is 266. The van der Waals surface area contributed by atoms with Gasteiger partial charge in [-0.2, -0.15) is 0 Å². The Morgan fingerprint density at radius 3 is 2.71 bits per heavy atom. The molecule has 2 rings (SSSR count). The first-order valence-corrected chi connectivity index (χ1v) is 6.32. The van der Waals surface area contributed by atoms with Gasteiger partial charge in [-0.3, -0.25) is 0 Å². The van der Waals surface area contributed by atoms with Crippen molar-refractivity contribution in [3.05, 3.63) is 30.7 Å². The predicted molar refractivity (Wildman–Crippen MR) is 64.2 cm³/mol. The van der Waals surface area contributed by atoms with Gasteiger partial charge in [0.25, 0.3) is 0 Å². The third kappa shape index (κ3) is 1.41. The van der Waals surface area contributed by atoms with Gasteiger partial charge in [0.2, 0.25) is 0 Å². The van der Waals surface area contributed by atoms with Gasteiger partial charge in [-0.1, -0.05) is 66.9 Å². The molecule has 0 aromatic heterocycles. The number of allylic oxidation sites excluding steroid dienone is 4. The van der Waals surface area contributed by atoms with Crippen LogP contribution in [0.1, 0.15) is 26.7 Å². The highest BCUT2D eigenvalue weighted by Crippen LogP contribution is 2.54. The summed E-state index contributed by atoms with van der Waals surface area (Å²) in [4.78, 5) is 0. The molecule has 0 N–H and O–H groups in total. The van der Waals surface area contributed by atoms with Gasteiger partial charge < -0.3 is 0 Å². The van der Waals surface area contributed by atoms with Crippen LogP contribution >= 0.6 is 15.9 Å². The van der Waals surface area contributed by atoms with Crippen molar-refractivity contribution in [2.24, 2.45) is 17.8 Å². The molecule has 1 saturated carbocycles. The van der Waals surface area contributed by atoms with Crippen molar-refractivity contribution in [2.45, 2.75) is 31.0 Å². The standard InChI is InChI=1S/C13H17Br/c1-3-10-9-11-7-5-6-8-13(11,14)12(10)4-2/h5-8,10-12H,3-4H2,1-2H3. The van der Waals surface area contributed by atoms with Crippen LogP contribution in [0.4, 0.5) is 0 Å². The van der Waals surface area contributed by atoms with Crippen LogP contribution in [-0.4, -0.2) is 4.32 Å². The van der Waals surface area contributed by atoms with E-state index in [1.54, 1.807) is 0 Å². The minimum Gasteiger partial charge on any atom is -0.0798 e. The second kappa shape index (κ2) is 3.84. The molecule has 0 spiro atoms. The fraction of sp³-hybridized carbons (Fsp3) is 0.615. The number of halogens is 1. The maximum absolute atomic E-state index is 3.93. The summed E-state index contributed by atoms with van der Waals surface area (Å²) >= 11 is 3.93. The third-order valence-electron chi connectivity index (χ3n) is 3.57. The van der Waals surface area contributed by atoms with Crippen LogP contribution in [0.2, 0.25) is 0 Å². The van der Waals surface area contributed by atoms with E-state index in [0.717, 1.165) is 0 Å². The van der Waals surface area contributed by atoms with E-state index in [0.29, 0.717) is 17.8 Å². The number of alkyl halides is 1. The second-order valence-corrected chi connectivity index (χ2v) is 5.62. The fourth-order valence-corrected chi connectivity index (χ4v) is 3.90. The van der Waals surface area contributed by atoms with Crippen molar-refractivity contribution >= 4 is 15.9 Å². The molecule has 2 aliphatic carbocycles. The van der Waals surface area contributed by atoms with E-state index < -0.39 is 0 Å². The summed E-state index contributed by atoms with van der Waals surface area (Å²) in [5.74, 6) is 1.83. The maximum Gasteiger partial charge on any atom is 0.0539 e. The van der Waals surface area contributed by atoms with Crippen LogP contribution in [0, 0.1) is 24.2 Å². The molecule has 0 aromatic carbocycles. The molecule has 2 aliphatic rings. The summed E-state index contributed by atoms with van der Waals surface area (Å²) in [6.07, 6.45) is 15.0. The van der Waals surface area contributed by atoms with Gasteiger partial charge in [0.15, 0.2) is 0 Å². The lowest BCUT2D eigenvalue weighted by molar-refractivity contribution is 0.364. The third-order valence-corrected chi connectivity index (χ3v) is 4.92. The van der Waals surface area contributed by atoms with Gasteiger partial charge in [-0.05, 0) is 18.3 Å². The summed E-state index contributed by atoms with van der Waals surface area (Å²) < 4.78 is 0.164. The highest BCUT2D eigenvalue weighted by atomic mass is 79.9. The van der Waals surface area contributed by atoms with E-state index in [2.05, 4.69) is 60.5 Å². The Labute approximate surface area is 95.6 Å². The molecule has 4 atom stereocenters. The number of hydrogen-bond acceptors (Lipinski definition) is 0. The van der Waals surface area contributed by atoms with Gasteiger partial charge in [0.05, 0.1) is 4.32 Å². The summed E-state index contributed by atoms with van der Waals surface area (Å²) in [7, 11) is 0. The topological polar surface area (TPSA) is 0 Å². The highest BCUT2D eigenvalue weighted by Gasteiger charge is 2.50. The molecular formula is C13H17Br. The molecule has 0 heterocycles. The minimum atomic E-state index is 0.164. The molecule has 1 heteroatoms. The van der Waals surface area contributed by atoms with E-state index in [-0.39, 0.29) is 4.32 Å². The SMILES string of the molecule is CCC1[C]C2C=CC=CC2(Br)C1CC. The Kier molecular flexibility index (Phi) is 2.88. The van der Waals surface area contributed by atoms with E-state index in [9.17, 15) is 0 Å². The molecule has 4 unspecified atom stereocenters. The lowest BCUT2D eigenvalue weighted by Crippen LogP contribution is -2.32. The molecule has 1 fully saturated rings. The molecule has 2 radical (unpaired) electrons. The van der Waals surface area contributed by atoms with Crippen LogP contribution in [0.5, 0.6) is 0 Å². The molecule has 0 aromatic rings. The number of hydrogen-bond donors (Lipinski definition) is 0. The van der Waals surface area contributed by atoms with Crippen molar-refractivity contribution in [3.8, 4) is 0 Å². The van der Waals surface area contributed by atoms with Crippen molar-refractivity contribution in [1.29, 1.82) is 0 Å². The van der Waals surface area contributed by atoms with E-state index in [4.69, 9.17) is 0 Å². The van der Waals surface area contributed by atoms with E-state index in [1.807, 2.05) is 0 Å². The molecule has 0 amide bonds. The van der Waals surface area contributed by atoms with Crippen LogP contribution < -0.4 is 0 Å². The number of rotatable bonds is 2. The Balaban J connectivity index is 2.29. The molecular weight excluding hydrogens is 236 g/mol. The smallest absolute Gasteiger partial charge is 0.0539 e. The largest absolute Gasteiger partial charge is 0.0798 e. The van der Waals surface area contributed by atoms with E-state index >= 15 is 0 Å². The molecule has 0 saturated heterocycles. The molecule has 14 heavy (non-hydrogen) atoms. The van der Waals surface area contributed by atoms with Gasteiger partial charge in [-0.25, -0.2) is 0 Å². The summed E-state index contributed by atoms with van der Waals surface area (Å²) in [6, 6.07) is 0. The van der Waals surface area contributed by atoms with Crippen LogP contribution in [-0.2, 0) is 0 Å². The van der Waals surface area contributed by atoms with Crippen LogP contribution in [0.3, 0.4) is 0 Å². The zero-order valence-corrected chi connectivity index (χ0v) is 10.4. The van der Waals surface area contributed by atoms with Gasteiger partial charge in [-0.15, -0.1) is 0 Å². The summed E-state index contributed by atoms with van der Waals surface area (Å²) in [5, 5.41) is 0. The van der Waals surface area contributed by atoms with Gasteiger partial charge >= 0.3 is 0 Å². The van der Waals surface area contributed by atoms with Crippen molar-refractivity contribution in [3.63, 3.8) is 0 Å². The van der Waals surface area contributed by atoms with Gasteiger partial charge in [0.1, 0.15) is 0 Å². The van der Waals surface area contributed by atoms with Gasteiger partial charge in [0, 0.05) is 5.92 Å². The lowest BCUT2D eigenvalue weighted by atomic mass is 9.82. The predicted octanol–water partition coefficient (Wildman–Crippen LogP) is 4.01. The maximum atomic E-state index is 3.93. The van der Waals surface area contributed by atoms with Crippen LogP contribution in [0.25, 0.3) is 0 Å². The summed E-state index contributed by atoms with van der Waals surface area (Å²) in [6.45, 7) is 4.55. The van der Waals surface area contributed by atoms with Crippen LogP contribution in [0.15, 0.2) is 24.3 Å². The molecule has 0 aliphatic heterocycles. The minimum absolute atomic E-state index is 0.164. The van der Waals surface area contributed by atoms with Crippen molar-refractivity contribution in [2.75, 3.05) is 0 Å². The Morgan fingerprint density at radius 1 is 1.29 bits per heavy atom. The lowest BCUT2D eigenvalue weighted by Gasteiger charge is -2.33. The van der Waals surface area contributed by atoms with Crippen molar-refractivity contribution in [1.82, 2.24) is 0 Å². The number of fused-ring (bicyclic) bond motifs is 1. The monoisotopic (exact) mass is 252 g/mol. The first-order chi connectivity index (χ1) is 6.72. The summed E-state index contributed by atoms with van der Waals surface area (Å²) in [5.41, 5.74) is 0. The molecule has 76 valence electrons. The second-order valence-electron chi connectivity index (χ2n) is 4.25. The average molecular weight is 253 g/mol. The van der Waals surface area contributed by atoms with E-state index in [1.165, 1.54) is 12.8 Å². The highest BCUT2D eigenvalue weighted by molar-refractivity contribution is 9.10. The molecule has 0 nitrogen and oxygen atoms in total. The Hall–Kier alpha value is -0.0400. The quantitative estimate of drug-likeness (QED) is 0.652.